The summed E-state index contributed by atoms with van der Waals surface area (Å²) in [5, 5.41) is 54.0. The second-order valence-corrected chi connectivity index (χ2v) is 3.42. The number of rotatable bonds is 4. The summed E-state index contributed by atoms with van der Waals surface area (Å²) in [6, 6.07) is 0. The quantitative estimate of drug-likeness (QED) is 0.407. The second kappa shape index (κ2) is 4.76. The van der Waals surface area contributed by atoms with E-state index in [-0.39, 0.29) is 0 Å². The van der Waals surface area contributed by atoms with Gasteiger partial charge >= 0.3 is 23.9 Å². The average molecular weight is 286 g/mol. The van der Waals surface area contributed by atoms with E-state index in [1.807, 2.05) is 0 Å². The Hall–Kier alpha value is -3.30. The number of hydrogen-bond donors (Lipinski definition) is 6. The number of benzene rings is 1. The minimum Gasteiger partial charge on any atom is -0.504 e. The Morgan fingerprint density at radius 2 is 0.700 bits per heavy atom. The highest BCUT2D eigenvalue weighted by atomic mass is 16.4. The largest absolute Gasteiger partial charge is 0.504 e. The molecule has 0 aliphatic carbocycles. The van der Waals surface area contributed by atoms with E-state index in [1.54, 1.807) is 0 Å². The molecule has 0 fully saturated rings. The monoisotopic (exact) mass is 286 g/mol. The molecule has 0 radical (unpaired) electrons. The fourth-order valence-corrected chi connectivity index (χ4v) is 1.57. The van der Waals surface area contributed by atoms with Crippen molar-refractivity contribution in [3.63, 3.8) is 0 Å². The minimum atomic E-state index is -2.09. The first kappa shape index (κ1) is 14.8. The zero-order chi connectivity index (χ0) is 15.8. The van der Waals surface area contributed by atoms with Crippen molar-refractivity contribution in [1.29, 1.82) is 0 Å². The van der Waals surface area contributed by atoms with Crippen LogP contribution in [0.25, 0.3) is 0 Å². The third-order valence-corrected chi connectivity index (χ3v) is 2.30. The first-order valence-corrected chi connectivity index (χ1v) is 4.66. The lowest BCUT2D eigenvalue weighted by molar-refractivity contribution is 0.0614. The van der Waals surface area contributed by atoms with Gasteiger partial charge < -0.3 is 30.6 Å². The maximum absolute atomic E-state index is 11.0. The van der Waals surface area contributed by atoms with Crippen LogP contribution in [-0.4, -0.2) is 54.5 Å². The summed E-state index contributed by atoms with van der Waals surface area (Å²) in [4.78, 5) is 43.7. The van der Waals surface area contributed by atoms with E-state index >= 15 is 0 Å². The van der Waals surface area contributed by atoms with Crippen LogP contribution < -0.4 is 0 Å². The third kappa shape index (κ3) is 2.05. The molecule has 1 aromatic carbocycles. The number of hydrogen-bond acceptors (Lipinski definition) is 6. The van der Waals surface area contributed by atoms with Crippen molar-refractivity contribution in [2.75, 3.05) is 0 Å². The Bertz CT molecular complexity index is 600. The van der Waals surface area contributed by atoms with Gasteiger partial charge in [-0.05, 0) is 0 Å². The lowest BCUT2D eigenvalue weighted by atomic mass is 9.93. The molecule has 0 aromatic heterocycles. The Labute approximate surface area is 108 Å². The van der Waals surface area contributed by atoms with Gasteiger partial charge in [-0.1, -0.05) is 0 Å². The van der Waals surface area contributed by atoms with Gasteiger partial charge in [0.25, 0.3) is 0 Å². The zero-order valence-corrected chi connectivity index (χ0v) is 9.32. The van der Waals surface area contributed by atoms with Crippen molar-refractivity contribution in [2.45, 2.75) is 0 Å². The van der Waals surface area contributed by atoms with E-state index in [9.17, 15) is 29.4 Å². The van der Waals surface area contributed by atoms with Crippen LogP contribution in [0.1, 0.15) is 41.4 Å². The van der Waals surface area contributed by atoms with E-state index in [0.717, 1.165) is 0 Å². The van der Waals surface area contributed by atoms with Crippen molar-refractivity contribution in [3.05, 3.63) is 22.3 Å². The van der Waals surface area contributed by atoms with Crippen LogP contribution in [0.4, 0.5) is 0 Å². The molecule has 0 atom stereocenters. The summed E-state index contributed by atoms with van der Waals surface area (Å²) in [6.45, 7) is 0. The number of phenols is 2. The van der Waals surface area contributed by atoms with Gasteiger partial charge in [-0.15, -0.1) is 0 Å². The smallest absolute Gasteiger partial charge is 0.340 e. The molecule has 1 aromatic rings. The van der Waals surface area contributed by atoms with Gasteiger partial charge in [0.1, 0.15) is 11.1 Å². The Morgan fingerprint density at radius 1 is 0.500 bits per heavy atom. The van der Waals surface area contributed by atoms with E-state index in [1.165, 1.54) is 0 Å². The molecule has 0 amide bonds. The molecule has 0 aliphatic heterocycles. The molecule has 6 N–H and O–H groups in total. The lowest BCUT2D eigenvalue weighted by Gasteiger charge is -2.13. The number of aromatic hydroxyl groups is 2. The van der Waals surface area contributed by atoms with Crippen molar-refractivity contribution in [1.82, 2.24) is 0 Å². The predicted molar refractivity (Wildman–Crippen MR) is 57.6 cm³/mol. The minimum absolute atomic E-state index is 1.42. The molecule has 20 heavy (non-hydrogen) atoms. The van der Waals surface area contributed by atoms with E-state index in [4.69, 9.17) is 20.4 Å². The van der Waals surface area contributed by atoms with Crippen molar-refractivity contribution < 1.29 is 49.8 Å². The fraction of sp³-hybridized carbons (Fsp3) is 0. The maximum atomic E-state index is 11.0. The summed E-state index contributed by atoms with van der Waals surface area (Å²) >= 11 is 0. The summed E-state index contributed by atoms with van der Waals surface area (Å²) in [6.07, 6.45) is 0. The van der Waals surface area contributed by atoms with E-state index in [0.29, 0.717) is 0 Å². The molecule has 0 unspecified atom stereocenters. The van der Waals surface area contributed by atoms with Crippen LogP contribution >= 0.6 is 0 Å². The number of carbonyl (C=O) groups is 4. The highest BCUT2D eigenvalue weighted by Crippen LogP contribution is 2.38. The molecule has 10 heteroatoms. The van der Waals surface area contributed by atoms with Crippen LogP contribution in [0.2, 0.25) is 0 Å². The molecular formula is C10H6O10. The summed E-state index contributed by atoms with van der Waals surface area (Å²) < 4.78 is 0. The Morgan fingerprint density at radius 3 is 0.850 bits per heavy atom. The Kier molecular flexibility index (Phi) is 3.51. The first-order chi connectivity index (χ1) is 9.11. The lowest BCUT2D eigenvalue weighted by Crippen LogP contribution is -2.19. The van der Waals surface area contributed by atoms with Gasteiger partial charge in [0.2, 0.25) is 0 Å². The molecule has 1 rings (SSSR count). The van der Waals surface area contributed by atoms with Gasteiger partial charge in [0.15, 0.2) is 11.5 Å². The summed E-state index contributed by atoms with van der Waals surface area (Å²) in [5.74, 6) is -11.4. The van der Waals surface area contributed by atoms with Crippen LogP contribution in [0.5, 0.6) is 11.5 Å². The van der Waals surface area contributed by atoms with Gasteiger partial charge in [-0.25, -0.2) is 19.2 Å². The van der Waals surface area contributed by atoms with E-state index in [2.05, 4.69) is 0 Å². The average Bonchev–Trinajstić information content (AvgIpc) is 2.29. The highest BCUT2D eigenvalue weighted by molar-refractivity contribution is 6.16. The van der Waals surface area contributed by atoms with Gasteiger partial charge in [-0.2, -0.15) is 0 Å². The molecule has 0 saturated carbocycles. The topological polar surface area (TPSA) is 190 Å². The van der Waals surface area contributed by atoms with Crippen molar-refractivity contribution in [3.8, 4) is 11.5 Å². The number of aromatic carboxylic acids is 4. The van der Waals surface area contributed by atoms with Crippen molar-refractivity contribution >= 4 is 23.9 Å². The molecule has 0 aliphatic rings. The fourth-order valence-electron chi connectivity index (χ4n) is 1.57. The van der Waals surface area contributed by atoms with Gasteiger partial charge in [0, 0.05) is 0 Å². The Balaban J connectivity index is 4.14. The van der Waals surface area contributed by atoms with E-state index < -0.39 is 57.6 Å². The first-order valence-electron chi connectivity index (χ1n) is 4.66. The molecular weight excluding hydrogens is 280 g/mol. The molecule has 10 nitrogen and oxygen atoms in total. The third-order valence-electron chi connectivity index (χ3n) is 2.30. The summed E-state index contributed by atoms with van der Waals surface area (Å²) in [7, 11) is 0. The second-order valence-electron chi connectivity index (χ2n) is 3.42. The van der Waals surface area contributed by atoms with Gasteiger partial charge in [-0.3, -0.25) is 0 Å². The highest BCUT2D eigenvalue weighted by Gasteiger charge is 2.36. The van der Waals surface area contributed by atoms with Crippen LogP contribution in [-0.2, 0) is 0 Å². The molecule has 0 bridgehead atoms. The SMILES string of the molecule is O=C(O)c1c(O)c(O)c(C(=O)O)c(C(=O)O)c1C(=O)O. The molecule has 0 saturated heterocycles. The molecule has 0 spiro atoms. The molecule has 106 valence electrons. The van der Waals surface area contributed by atoms with Crippen LogP contribution in [0.15, 0.2) is 0 Å². The van der Waals surface area contributed by atoms with Crippen molar-refractivity contribution in [2.24, 2.45) is 0 Å². The predicted octanol–water partition coefficient (Wildman–Crippen LogP) is -0.109. The van der Waals surface area contributed by atoms with Crippen LogP contribution in [0, 0.1) is 0 Å². The number of carboxylic acids is 4. The number of carboxylic acid groups (broad SMARTS) is 4. The maximum Gasteiger partial charge on any atom is 0.340 e. The summed E-state index contributed by atoms with van der Waals surface area (Å²) in [5.41, 5.74) is -5.73. The standard InChI is InChI=1S/C10H6O10/c11-5-3(9(17)18)1(7(13)14)2(8(15)16)4(6(5)12)10(19)20/h11-12H,(H,13,14)(H,15,16)(H,17,18)(H,19,20). The normalized spacial score (nSPS) is 10.0. The van der Waals surface area contributed by atoms with Crippen LogP contribution in [0.3, 0.4) is 0 Å². The zero-order valence-electron chi connectivity index (χ0n) is 9.32. The van der Waals surface area contributed by atoms with Gasteiger partial charge in [0.05, 0.1) is 11.1 Å². The molecule has 0 heterocycles.